The van der Waals surface area contributed by atoms with Crippen LogP contribution >= 0.6 is 11.3 Å². The van der Waals surface area contributed by atoms with Gasteiger partial charge >= 0.3 is 0 Å². The Balaban J connectivity index is 1.22. The summed E-state index contributed by atoms with van der Waals surface area (Å²) in [5.74, 6) is 0.749. The lowest BCUT2D eigenvalue weighted by Gasteiger charge is -2.20. The molecule has 39 heavy (non-hydrogen) atoms. The molecule has 0 aromatic carbocycles. The van der Waals surface area contributed by atoms with Crippen molar-refractivity contribution in [1.82, 2.24) is 35.1 Å². The molecule has 6 aromatic rings. The van der Waals surface area contributed by atoms with Crippen molar-refractivity contribution < 1.29 is 4.79 Å². The minimum absolute atomic E-state index is 0.0738. The Morgan fingerprint density at radius 1 is 1.03 bits per heavy atom. The quantitative estimate of drug-likeness (QED) is 0.231. The Morgan fingerprint density at radius 2 is 1.92 bits per heavy atom. The maximum Gasteiger partial charge on any atom is 0.227 e. The number of hydrogen-bond acceptors (Lipinski definition) is 7. The van der Waals surface area contributed by atoms with Gasteiger partial charge in [-0.15, -0.1) is 11.3 Å². The van der Waals surface area contributed by atoms with Crippen LogP contribution in [0, 0.1) is 12.8 Å². The molecule has 0 unspecified atom stereocenters. The zero-order valence-corrected chi connectivity index (χ0v) is 22.2. The minimum Gasteiger partial charge on any atom is -0.324 e. The molecule has 194 valence electrons. The number of imidazole rings is 1. The number of thiophene rings is 1. The van der Waals surface area contributed by atoms with Crippen molar-refractivity contribution in [1.29, 1.82) is 0 Å². The van der Waals surface area contributed by atoms with E-state index in [9.17, 15) is 4.79 Å². The van der Waals surface area contributed by atoms with Gasteiger partial charge in [0.25, 0.3) is 0 Å². The van der Waals surface area contributed by atoms with E-state index in [2.05, 4.69) is 49.5 Å². The Labute approximate surface area is 228 Å². The van der Waals surface area contributed by atoms with Crippen molar-refractivity contribution in [2.45, 2.75) is 39.0 Å². The Kier molecular flexibility index (Phi) is 5.89. The van der Waals surface area contributed by atoms with Gasteiger partial charge in [0, 0.05) is 39.2 Å². The van der Waals surface area contributed by atoms with Crippen LogP contribution in [0.1, 0.15) is 37.0 Å². The molecule has 1 amide bonds. The molecule has 1 aliphatic carbocycles. The number of hydrogen-bond donors (Lipinski definition) is 3. The summed E-state index contributed by atoms with van der Waals surface area (Å²) in [6.07, 6.45) is 10.6. The second-order valence-electron chi connectivity index (χ2n) is 10.0. The number of rotatable bonds is 5. The van der Waals surface area contributed by atoms with E-state index in [0.717, 1.165) is 58.4 Å². The first-order valence-corrected chi connectivity index (χ1v) is 14.0. The fourth-order valence-electron chi connectivity index (χ4n) is 5.28. The molecule has 0 spiro atoms. The van der Waals surface area contributed by atoms with Crippen LogP contribution in [0.25, 0.3) is 55.4 Å². The molecular weight excluding hydrogens is 508 g/mol. The topological polar surface area (TPSA) is 125 Å². The van der Waals surface area contributed by atoms with Gasteiger partial charge in [-0.25, -0.2) is 15.0 Å². The second kappa shape index (κ2) is 9.70. The molecule has 0 bridgehead atoms. The highest BCUT2D eigenvalue weighted by molar-refractivity contribution is 7.15. The largest absolute Gasteiger partial charge is 0.324 e. The van der Waals surface area contributed by atoms with Gasteiger partial charge < -0.3 is 10.3 Å². The first-order chi connectivity index (χ1) is 19.1. The van der Waals surface area contributed by atoms with Crippen molar-refractivity contribution in [2.75, 3.05) is 5.32 Å². The number of pyridine rings is 3. The van der Waals surface area contributed by atoms with Crippen LogP contribution in [-0.2, 0) is 4.79 Å². The van der Waals surface area contributed by atoms with Gasteiger partial charge in [0.15, 0.2) is 17.2 Å². The number of aromatic amines is 2. The number of carbonyl (C=O) groups excluding carboxylic acids is 1. The van der Waals surface area contributed by atoms with Gasteiger partial charge in [0.05, 0.1) is 23.1 Å². The fourth-order valence-corrected chi connectivity index (χ4v) is 6.18. The van der Waals surface area contributed by atoms with Crippen molar-refractivity contribution in [2.24, 2.45) is 5.92 Å². The van der Waals surface area contributed by atoms with E-state index in [1.165, 1.54) is 11.3 Å². The molecule has 6 aromatic heterocycles. The van der Waals surface area contributed by atoms with E-state index in [4.69, 9.17) is 9.97 Å². The maximum atomic E-state index is 12.8. The van der Waals surface area contributed by atoms with Crippen LogP contribution < -0.4 is 5.32 Å². The fraction of sp³-hybridized carbons (Fsp3) is 0.241. The minimum atomic E-state index is 0.0738. The molecule has 10 heteroatoms. The Hall–Kier alpha value is -4.44. The number of nitrogens with one attached hydrogen (secondary N) is 3. The molecule has 7 rings (SSSR count). The van der Waals surface area contributed by atoms with Crippen LogP contribution in [0.3, 0.4) is 0 Å². The van der Waals surface area contributed by atoms with Gasteiger partial charge in [-0.3, -0.25) is 14.9 Å². The van der Waals surface area contributed by atoms with E-state index < -0.39 is 0 Å². The first-order valence-electron chi connectivity index (χ1n) is 13.2. The molecule has 0 radical (unpaired) electrons. The number of aromatic nitrogens is 7. The third kappa shape index (κ3) is 4.46. The number of aryl methyl sites for hydroxylation is 1. The number of nitrogens with zero attached hydrogens (tertiary/aromatic N) is 5. The number of carbonyl (C=O) groups is 1. The lowest BCUT2D eigenvalue weighted by molar-refractivity contribution is -0.120. The molecule has 6 heterocycles. The number of fused-ring (bicyclic) bond motifs is 2. The van der Waals surface area contributed by atoms with Crippen LogP contribution in [-0.4, -0.2) is 41.0 Å². The molecule has 9 nitrogen and oxygen atoms in total. The molecule has 0 saturated heterocycles. The summed E-state index contributed by atoms with van der Waals surface area (Å²) >= 11 is 1.73. The number of H-pyrrole nitrogens is 2. The lowest BCUT2D eigenvalue weighted by Crippen LogP contribution is -2.24. The summed E-state index contributed by atoms with van der Waals surface area (Å²) < 4.78 is 0. The average molecular weight is 535 g/mol. The third-order valence-electron chi connectivity index (χ3n) is 7.30. The number of anilines is 1. The van der Waals surface area contributed by atoms with Crippen LogP contribution in [0.2, 0.25) is 0 Å². The molecule has 1 aliphatic rings. The highest BCUT2D eigenvalue weighted by Gasteiger charge is 2.22. The third-order valence-corrected chi connectivity index (χ3v) is 8.33. The van der Waals surface area contributed by atoms with Crippen molar-refractivity contribution in [3.05, 3.63) is 59.9 Å². The predicted octanol–water partition coefficient (Wildman–Crippen LogP) is 6.51. The normalized spacial score (nSPS) is 14.3. The predicted molar refractivity (Wildman–Crippen MR) is 153 cm³/mol. The van der Waals surface area contributed by atoms with Crippen LogP contribution in [0.15, 0.2) is 55.0 Å². The smallest absolute Gasteiger partial charge is 0.227 e. The highest BCUT2D eigenvalue weighted by atomic mass is 32.1. The summed E-state index contributed by atoms with van der Waals surface area (Å²) in [5.41, 5.74) is 6.86. The molecule has 1 fully saturated rings. The zero-order chi connectivity index (χ0) is 26.3. The van der Waals surface area contributed by atoms with E-state index in [0.29, 0.717) is 28.4 Å². The van der Waals surface area contributed by atoms with Gasteiger partial charge in [0.2, 0.25) is 5.91 Å². The van der Waals surface area contributed by atoms with Gasteiger partial charge in [-0.1, -0.05) is 19.3 Å². The standard InChI is InChI=1S/C29H26N8OS/c1-16-7-10-23(39-16)20-11-12-31-27-24(20)34-28(35-27)26-25-22(36-37-26)9-8-21(33-25)18-13-19(15-30-14-18)32-29(38)17-5-3-2-4-6-17/h7-15,17H,2-6H2,1H3,(H,32,38)(H,36,37)(H,31,34,35). The monoisotopic (exact) mass is 534 g/mol. The van der Waals surface area contributed by atoms with Crippen LogP contribution in [0.5, 0.6) is 0 Å². The lowest BCUT2D eigenvalue weighted by atomic mass is 9.88. The van der Waals surface area contributed by atoms with E-state index >= 15 is 0 Å². The molecule has 3 N–H and O–H groups in total. The SMILES string of the molecule is Cc1ccc(-c2ccnc3[nH]c(-c4n[nH]c5ccc(-c6cncc(NC(=O)C7CCCCC7)c6)nc45)nc23)s1. The molecular formula is C29H26N8OS. The molecule has 0 atom stereocenters. The summed E-state index contributed by atoms with van der Waals surface area (Å²) in [4.78, 5) is 37.2. The molecule has 0 aliphatic heterocycles. The summed E-state index contributed by atoms with van der Waals surface area (Å²) in [5, 5.41) is 10.7. The van der Waals surface area contributed by atoms with E-state index in [-0.39, 0.29) is 11.8 Å². The average Bonchev–Trinajstić information content (AvgIpc) is 3.71. The number of amides is 1. The van der Waals surface area contributed by atoms with Crippen molar-refractivity contribution in [3.8, 4) is 33.2 Å². The van der Waals surface area contributed by atoms with Gasteiger partial charge in [-0.05, 0) is 56.2 Å². The Bertz CT molecular complexity index is 1830. The highest BCUT2D eigenvalue weighted by Crippen LogP contribution is 2.34. The van der Waals surface area contributed by atoms with Crippen molar-refractivity contribution in [3.63, 3.8) is 0 Å². The second-order valence-corrected chi connectivity index (χ2v) is 11.3. The summed E-state index contributed by atoms with van der Waals surface area (Å²) in [7, 11) is 0. The maximum absolute atomic E-state index is 12.8. The zero-order valence-electron chi connectivity index (χ0n) is 21.4. The summed E-state index contributed by atoms with van der Waals surface area (Å²) in [6, 6.07) is 12.0. The summed E-state index contributed by atoms with van der Waals surface area (Å²) in [6.45, 7) is 2.09. The van der Waals surface area contributed by atoms with E-state index in [1.807, 2.05) is 24.3 Å². The van der Waals surface area contributed by atoms with Crippen molar-refractivity contribution >= 4 is 45.1 Å². The molecule has 1 saturated carbocycles. The van der Waals surface area contributed by atoms with E-state index in [1.54, 1.807) is 29.9 Å². The van der Waals surface area contributed by atoms with Gasteiger partial charge in [-0.2, -0.15) is 5.10 Å². The van der Waals surface area contributed by atoms with Gasteiger partial charge in [0.1, 0.15) is 11.0 Å². The first kappa shape index (κ1) is 23.7. The Morgan fingerprint density at radius 3 is 2.77 bits per heavy atom. The van der Waals surface area contributed by atoms with Crippen LogP contribution in [0.4, 0.5) is 5.69 Å².